The first-order valence-electron chi connectivity index (χ1n) is 5.71. The van der Waals surface area contributed by atoms with Crippen molar-refractivity contribution in [3.05, 3.63) is 35.4 Å². The van der Waals surface area contributed by atoms with Crippen molar-refractivity contribution in [3.8, 4) is 5.75 Å². The van der Waals surface area contributed by atoms with Gasteiger partial charge in [0.25, 0.3) is 0 Å². The zero-order valence-corrected chi connectivity index (χ0v) is 11.2. The van der Waals surface area contributed by atoms with E-state index in [-0.39, 0.29) is 0 Å². The molecule has 1 N–H and O–H groups in total. The first-order valence-corrected chi connectivity index (χ1v) is 5.71. The Morgan fingerprint density at radius 3 is 2.67 bits per heavy atom. The second-order valence-electron chi connectivity index (χ2n) is 4.26. The highest BCUT2D eigenvalue weighted by Crippen LogP contribution is 2.32. The number of hydrogen-bond acceptors (Lipinski definition) is 3. The van der Waals surface area contributed by atoms with E-state index in [0.717, 1.165) is 28.6 Å². The monoisotopic (exact) mass is 249 g/mol. The zero-order chi connectivity index (χ0) is 13.7. The lowest BCUT2D eigenvalue weighted by Crippen LogP contribution is -2.18. The van der Waals surface area contributed by atoms with Gasteiger partial charge in [-0.05, 0) is 31.0 Å². The van der Waals surface area contributed by atoms with Crippen molar-refractivity contribution in [2.75, 3.05) is 25.6 Å². The number of carboxylic acids is 1. The summed E-state index contributed by atoms with van der Waals surface area (Å²) in [4.78, 5) is 12.4. The number of ether oxygens (including phenoxy) is 1. The number of rotatable bonds is 5. The molecule has 0 amide bonds. The van der Waals surface area contributed by atoms with E-state index < -0.39 is 5.97 Å². The SMILES string of the molecule is COc1c(C)cc(C)cc1N(C)C/C=C/C(=O)O. The Labute approximate surface area is 107 Å². The molecule has 0 bridgehead atoms. The van der Waals surface area contributed by atoms with Gasteiger partial charge in [-0.1, -0.05) is 12.1 Å². The molecule has 0 radical (unpaired) electrons. The highest BCUT2D eigenvalue weighted by Gasteiger charge is 2.10. The number of aliphatic carboxylic acids is 1. The van der Waals surface area contributed by atoms with Crippen LogP contribution < -0.4 is 9.64 Å². The number of methoxy groups -OCH3 is 1. The van der Waals surface area contributed by atoms with Crippen LogP contribution in [0.2, 0.25) is 0 Å². The molecule has 0 aliphatic heterocycles. The minimum atomic E-state index is -0.934. The fourth-order valence-electron chi connectivity index (χ4n) is 1.89. The second kappa shape index (κ2) is 6.10. The maximum absolute atomic E-state index is 10.4. The fourth-order valence-corrected chi connectivity index (χ4v) is 1.89. The van der Waals surface area contributed by atoms with Crippen LogP contribution in [0.15, 0.2) is 24.3 Å². The molecular formula is C14H19NO3. The van der Waals surface area contributed by atoms with E-state index >= 15 is 0 Å². The number of benzene rings is 1. The summed E-state index contributed by atoms with van der Waals surface area (Å²) in [5, 5.41) is 8.56. The number of carboxylic acid groups (broad SMARTS) is 1. The first kappa shape index (κ1) is 14.1. The summed E-state index contributed by atoms with van der Waals surface area (Å²) in [6.45, 7) is 4.54. The normalized spacial score (nSPS) is 10.7. The summed E-state index contributed by atoms with van der Waals surface area (Å²) in [6, 6.07) is 4.09. The van der Waals surface area contributed by atoms with E-state index in [2.05, 4.69) is 6.07 Å². The highest BCUT2D eigenvalue weighted by molar-refractivity contribution is 5.79. The lowest BCUT2D eigenvalue weighted by molar-refractivity contribution is -0.131. The highest BCUT2D eigenvalue weighted by atomic mass is 16.5. The average Bonchev–Trinajstić information content (AvgIpc) is 2.27. The molecule has 0 heterocycles. The number of nitrogens with zero attached hydrogens (tertiary/aromatic N) is 1. The lowest BCUT2D eigenvalue weighted by Gasteiger charge is -2.22. The van der Waals surface area contributed by atoms with Gasteiger partial charge in [0.1, 0.15) is 5.75 Å². The molecule has 0 aromatic heterocycles. The Hall–Kier alpha value is -1.97. The Bertz CT molecular complexity index is 466. The van der Waals surface area contributed by atoms with Crippen molar-refractivity contribution in [2.45, 2.75) is 13.8 Å². The number of hydrogen-bond donors (Lipinski definition) is 1. The average molecular weight is 249 g/mol. The van der Waals surface area contributed by atoms with Gasteiger partial charge in [0, 0.05) is 19.7 Å². The molecule has 0 spiro atoms. The van der Waals surface area contributed by atoms with E-state index in [1.54, 1.807) is 13.2 Å². The minimum Gasteiger partial charge on any atom is -0.494 e. The summed E-state index contributed by atoms with van der Waals surface area (Å²) in [7, 11) is 3.55. The van der Waals surface area contributed by atoms with Gasteiger partial charge < -0.3 is 14.7 Å². The van der Waals surface area contributed by atoms with Gasteiger partial charge in [-0.25, -0.2) is 4.79 Å². The molecule has 0 saturated heterocycles. The van der Waals surface area contributed by atoms with E-state index in [4.69, 9.17) is 9.84 Å². The molecule has 98 valence electrons. The van der Waals surface area contributed by atoms with Crippen molar-refractivity contribution in [2.24, 2.45) is 0 Å². The number of carbonyl (C=O) groups is 1. The van der Waals surface area contributed by atoms with Crippen LogP contribution in [0, 0.1) is 13.8 Å². The number of aryl methyl sites for hydroxylation is 2. The van der Waals surface area contributed by atoms with Gasteiger partial charge >= 0.3 is 5.97 Å². The molecule has 0 unspecified atom stereocenters. The van der Waals surface area contributed by atoms with Crippen LogP contribution in [0.1, 0.15) is 11.1 Å². The van der Waals surface area contributed by atoms with Crippen molar-refractivity contribution >= 4 is 11.7 Å². The van der Waals surface area contributed by atoms with Crippen LogP contribution in [0.25, 0.3) is 0 Å². The predicted molar refractivity (Wildman–Crippen MR) is 72.5 cm³/mol. The van der Waals surface area contributed by atoms with Gasteiger partial charge in [0.15, 0.2) is 0 Å². The molecule has 0 aliphatic rings. The van der Waals surface area contributed by atoms with Crippen molar-refractivity contribution < 1.29 is 14.6 Å². The van der Waals surface area contributed by atoms with E-state index in [0.29, 0.717) is 6.54 Å². The quantitative estimate of drug-likeness (QED) is 0.814. The Kier molecular flexibility index (Phi) is 4.77. The van der Waals surface area contributed by atoms with Gasteiger partial charge in [-0.2, -0.15) is 0 Å². The molecule has 0 fully saturated rings. The van der Waals surface area contributed by atoms with Crippen LogP contribution in [-0.4, -0.2) is 31.8 Å². The molecule has 4 heteroatoms. The maximum atomic E-state index is 10.4. The van der Waals surface area contributed by atoms with Crippen molar-refractivity contribution in [3.63, 3.8) is 0 Å². The van der Waals surface area contributed by atoms with E-state index in [1.165, 1.54) is 0 Å². The topological polar surface area (TPSA) is 49.8 Å². The number of likely N-dealkylation sites (N-methyl/N-ethyl adjacent to an activating group) is 1. The molecule has 0 atom stereocenters. The summed E-state index contributed by atoms with van der Waals surface area (Å²) in [5.74, 6) is -0.109. The first-order chi connectivity index (χ1) is 8.45. The van der Waals surface area contributed by atoms with Crippen LogP contribution in [0.4, 0.5) is 5.69 Å². The molecule has 0 saturated carbocycles. The van der Waals surface area contributed by atoms with Crippen LogP contribution in [-0.2, 0) is 4.79 Å². The third-order valence-electron chi connectivity index (χ3n) is 2.65. The largest absolute Gasteiger partial charge is 0.494 e. The fraction of sp³-hybridized carbons (Fsp3) is 0.357. The van der Waals surface area contributed by atoms with Gasteiger partial charge in [-0.15, -0.1) is 0 Å². The van der Waals surface area contributed by atoms with Gasteiger partial charge in [-0.3, -0.25) is 0 Å². The molecule has 0 aliphatic carbocycles. The summed E-state index contributed by atoms with van der Waals surface area (Å²) >= 11 is 0. The summed E-state index contributed by atoms with van der Waals surface area (Å²) in [5.41, 5.74) is 3.18. The zero-order valence-electron chi connectivity index (χ0n) is 11.2. The second-order valence-corrected chi connectivity index (χ2v) is 4.26. The van der Waals surface area contributed by atoms with Crippen molar-refractivity contribution in [1.82, 2.24) is 0 Å². The third-order valence-corrected chi connectivity index (χ3v) is 2.65. The standard InChI is InChI=1S/C14H19NO3/c1-10-8-11(2)14(18-4)12(9-10)15(3)7-5-6-13(16)17/h5-6,8-9H,7H2,1-4H3,(H,16,17)/b6-5+. The predicted octanol–water partition coefficient (Wildman–Crippen LogP) is 2.39. The van der Waals surface area contributed by atoms with Crippen LogP contribution in [0.5, 0.6) is 5.75 Å². The number of anilines is 1. The summed E-state index contributed by atoms with van der Waals surface area (Å²) in [6.07, 6.45) is 2.76. The Morgan fingerprint density at radius 2 is 2.11 bits per heavy atom. The van der Waals surface area contributed by atoms with E-state index in [1.807, 2.05) is 31.9 Å². The maximum Gasteiger partial charge on any atom is 0.328 e. The minimum absolute atomic E-state index is 0.519. The molecule has 4 nitrogen and oxygen atoms in total. The molecular weight excluding hydrogens is 230 g/mol. The molecule has 1 aromatic carbocycles. The lowest BCUT2D eigenvalue weighted by atomic mass is 10.1. The molecule has 1 aromatic rings. The van der Waals surface area contributed by atoms with Crippen LogP contribution >= 0.6 is 0 Å². The van der Waals surface area contributed by atoms with Gasteiger partial charge in [0.2, 0.25) is 0 Å². The molecule has 1 rings (SSSR count). The van der Waals surface area contributed by atoms with E-state index in [9.17, 15) is 4.79 Å². The van der Waals surface area contributed by atoms with Crippen molar-refractivity contribution in [1.29, 1.82) is 0 Å². The third kappa shape index (κ3) is 3.52. The summed E-state index contributed by atoms with van der Waals surface area (Å²) < 4.78 is 5.40. The molecule has 18 heavy (non-hydrogen) atoms. The van der Waals surface area contributed by atoms with Crippen LogP contribution in [0.3, 0.4) is 0 Å². The van der Waals surface area contributed by atoms with Gasteiger partial charge in [0.05, 0.1) is 12.8 Å². The Balaban J connectivity index is 2.97. The Morgan fingerprint density at radius 1 is 1.44 bits per heavy atom. The smallest absolute Gasteiger partial charge is 0.328 e.